The maximum Gasteiger partial charge on any atom is 0.195 e. The van der Waals surface area contributed by atoms with E-state index in [0.717, 1.165) is 0 Å². The number of nitrogens with one attached hydrogen (secondary N) is 1. The first-order valence-corrected chi connectivity index (χ1v) is 10.6. The highest BCUT2D eigenvalue weighted by Gasteiger charge is 2.17. The van der Waals surface area contributed by atoms with Crippen LogP contribution < -0.4 is 10.1 Å². The number of carbonyl (C=O) groups excluding carboxylic acids is 1. The Morgan fingerprint density at radius 1 is 1.31 bits per heavy atom. The Bertz CT molecular complexity index is 1200. The van der Waals surface area contributed by atoms with E-state index in [9.17, 15) is 13.6 Å². The van der Waals surface area contributed by atoms with Gasteiger partial charge in [0.2, 0.25) is 0 Å². The van der Waals surface area contributed by atoms with Crippen LogP contribution in [0.1, 0.15) is 5.56 Å². The van der Waals surface area contributed by atoms with E-state index in [1.165, 1.54) is 25.6 Å². The van der Waals surface area contributed by atoms with Crippen molar-refractivity contribution in [3.63, 3.8) is 0 Å². The molecule has 0 atom stereocenters. The van der Waals surface area contributed by atoms with Crippen molar-refractivity contribution in [2.24, 2.45) is 0 Å². The zero-order valence-electron chi connectivity index (χ0n) is 17.5. The molecule has 3 rings (SSSR count). The molecule has 0 unspecified atom stereocenters. The molecule has 0 bridgehead atoms. The third kappa shape index (κ3) is 5.40. The molecule has 1 heterocycles. The predicted octanol–water partition coefficient (Wildman–Crippen LogP) is 5.46. The highest BCUT2D eigenvalue weighted by Crippen LogP contribution is 2.34. The van der Waals surface area contributed by atoms with E-state index >= 15 is 0 Å². The average Bonchev–Trinajstić information content (AvgIpc) is 2.77. The lowest BCUT2D eigenvalue weighted by Gasteiger charge is -2.13. The van der Waals surface area contributed by atoms with Crippen LogP contribution in [-0.4, -0.2) is 48.4 Å². The number of fused-ring (bicyclic) bond motifs is 1. The van der Waals surface area contributed by atoms with E-state index < -0.39 is 17.4 Å². The van der Waals surface area contributed by atoms with Gasteiger partial charge in [0, 0.05) is 34.5 Å². The Labute approximate surface area is 197 Å². The highest BCUT2D eigenvalue weighted by molar-refractivity contribution is 9.10. The summed E-state index contributed by atoms with van der Waals surface area (Å²) in [6.45, 7) is 0.301. The average molecular weight is 526 g/mol. The molecule has 168 valence electrons. The molecular formula is C22H20BrClF2N4O2. The molecule has 1 N–H and O–H groups in total. The van der Waals surface area contributed by atoms with Crippen molar-refractivity contribution in [1.82, 2.24) is 14.9 Å². The first kappa shape index (κ1) is 24.0. The quantitative estimate of drug-likeness (QED) is 0.311. The number of halogens is 4. The van der Waals surface area contributed by atoms with Gasteiger partial charge in [-0.25, -0.2) is 18.7 Å². The summed E-state index contributed by atoms with van der Waals surface area (Å²) in [5.41, 5.74) is 1.07. The van der Waals surface area contributed by atoms with Crippen LogP contribution in [0.3, 0.4) is 0 Å². The number of ketones is 1. The van der Waals surface area contributed by atoms with Gasteiger partial charge in [0.25, 0.3) is 0 Å². The largest absolute Gasteiger partial charge is 0.496 e. The molecule has 10 heteroatoms. The van der Waals surface area contributed by atoms with Crippen molar-refractivity contribution in [3.8, 4) is 5.75 Å². The SMILES string of the molecule is COc1cc2ncnc(Nc3ccc(Br)c(Cl)c3F)c2cc1CC(=O)C(F)=CCN(C)C. The molecule has 0 saturated heterocycles. The topological polar surface area (TPSA) is 67.4 Å². The summed E-state index contributed by atoms with van der Waals surface area (Å²) in [5.74, 6) is -1.47. The minimum Gasteiger partial charge on any atom is -0.496 e. The number of likely N-dealkylation sites (N-methyl/N-ethyl adjacent to an activating group) is 1. The molecule has 0 spiro atoms. The number of aromatic nitrogens is 2. The summed E-state index contributed by atoms with van der Waals surface area (Å²) in [5, 5.41) is 3.35. The fourth-order valence-electron chi connectivity index (χ4n) is 2.94. The number of methoxy groups -OCH3 is 1. The first-order chi connectivity index (χ1) is 15.2. The third-order valence-electron chi connectivity index (χ3n) is 4.58. The van der Waals surface area contributed by atoms with E-state index in [4.69, 9.17) is 16.3 Å². The Balaban J connectivity index is 2.00. The van der Waals surface area contributed by atoms with E-state index in [1.807, 2.05) is 0 Å². The monoisotopic (exact) mass is 524 g/mol. The number of carbonyl (C=O) groups is 1. The normalized spacial score (nSPS) is 11.8. The van der Waals surface area contributed by atoms with Crippen LogP contribution in [0.5, 0.6) is 5.75 Å². The van der Waals surface area contributed by atoms with Gasteiger partial charge < -0.3 is 15.0 Å². The van der Waals surface area contributed by atoms with Gasteiger partial charge in [0.1, 0.15) is 17.9 Å². The molecule has 0 aliphatic heterocycles. The van der Waals surface area contributed by atoms with Crippen LogP contribution in [0, 0.1) is 5.82 Å². The van der Waals surface area contributed by atoms with Crippen molar-refractivity contribution in [3.05, 3.63) is 63.4 Å². The van der Waals surface area contributed by atoms with Crippen LogP contribution >= 0.6 is 27.5 Å². The summed E-state index contributed by atoms with van der Waals surface area (Å²) in [6.07, 6.45) is 2.32. The van der Waals surface area contributed by atoms with E-state index in [0.29, 0.717) is 39.1 Å². The molecule has 6 nitrogen and oxygen atoms in total. The molecule has 0 radical (unpaired) electrons. The number of allylic oxidation sites excluding steroid dienone is 1. The van der Waals surface area contributed by atoms with Crippen LogP contribution in [0.15, 0.2) is 47.0 Å². The minimum atomic E-state index is -0.824. The van der Waals surface area contributed by atoms with Gasteiger partial charge in [-0.05, 0) is 54.3 Å². The van der Waals surface area contributed by atoms with Gasteiger partial charge in [-0.1, -0.05) is 11.6 Å². The molecule has 2 aromatic carbocycles. The molecule has 0 fully saturated rings. The van der Waals surface area contributed by atoms with Crippen molar-refractivity contribution in [1.29, 1.82) is 0 Å². The second-order valence-corrected chi connectivity index (χ2v) is 8.40. The lowest BCUT2D eigenvalue weighted by Crippen LogP contribution is -2.13. The zero-order chi connectivity index (χ0) is 23.4. The number of rotatable bonds is 8. The molecule has 3 aromatic rings. The molecule has 0 saturated carbocycles. The summed E-state index contributed by atoms with van der Waals surface area (Å²) in [4.78, 5) is 22.5. The molecule has 32 heavy (non-hydrogen) atoms. The second kappa shape index (κ2) is 10.3. The van der Waals surface area contributed by atoms with Gasteiger partial charge >= 0.3 is 0 Å². The first-order valence-electron chi connectivity index (χ1n) is 9.47. The minimum absolute atomic E-state index is 0.0682. The van der Waals surface area contributed by atoms with Gasteiger partial charge in [-0.3, -0.25) is 4.79 Å². The number of benzene rings is 2. The number of nitrogens with zero attached hydrogens (tertiary/aromatic N) is 3. The van der Waals surface area contributed by atoms with Crippen molar-refractivity contribution >= 4 is 55.7 Å². The van der Waals surface area contributed by atoms with Crippen LogP contribution in [0.2, 0.25) is 5.02 Å². The Kier molecular flexibility index (Phi) is 7.76. The summed E-state index contributed by atoms with van der Waals surface area (Å²) < 4.78 is 34.6. The lowest BCUT2D eigenvalue weighted by molar-refractivity contribution is -0.116. The van der Waals surface area contributed by atoms with Crippen LogP contribution in [0.25, 0.3) is 10.9 Å². The van der Waals surface area contributed by atoms with Gasteiger partial charge in [0.15, 0.2) is 17.4 Å². The maximum atomic E-state index is 14.6. The van der Waals surface area contributed by atoms with Gasteiger partial charge in [0.05, 0.1) is 23.3 Å². The molecular weight excluding hydrogens is 506 g/mol. The maximum absolute atomic E-state index is 14.6. The predicted molar refractivity (Wildman–Crippen MR) is 125 cm³/mol. The second-order valence-electron chi connectivity index (χ2n) is 7.17. The van der Waals surface area contributed by atoms with E-state index in [-0.39, 0.29) is 17.1 Å². The summed E-state index contributed by atoms with van der Waals surface area (Å²) in [7, 11) is 5.00. The number of hydrogen-bond acceptors (Lipinski definition) is 6. The zero-order valence-corrected chi connectivity index (χ0v) is 19.9. The van der Waals surface area contributed by atoms with Crippen LogP contribution in [0.4, 0.5) is 20.3 Å². The summed E-state index contributed by atoms with van der Waals surface area (Å²) in [6, 6.07) is 6.37. The standard InChI is InChI=1S/C22H20BrClF2N4O2/c1-30(2)7-6-15(25)18(31)9-12-8-13-17(10-19(12)32-3)27-11-28-22(13)29-16-5-4-14(23)20(24)21(16)26/h4-6,8,10-11H,7,9H2,1-3H3,(H,27,28,29). The van der Waals surface area contributed by atoms with Crippen LogP contribution in [-0.2, 0) is 11.2 Å². The van der Waals surface area contributed by atoms with Crippen molar-refractivity contribution in [2.75, 3.05) is 33.1 Å². The lowest BCUT2D eigenvalue weighted by atomic mass is 10.0. The Hall–Kier alpha value is -2.62. The number of anilines is 2. The number of hydrogen-bond donors (Lipinski definition) is 1. The Morgan fingerprint density at radius 3 is 2.75 bits per heavy atom. The van der Waals surface area contributed by atoms with Crippen molar-refractivity contribution < 1.29 is 18.3 Å². The number of ether oxygens (including phenoxy) is 1. The smallest absolute Gasteiger partial charge is 0.195 e. The fraction of sp³-hybridized carbons (Fsp3) is 0.227. The van der Waals surface area contributed by atoms with Crippen molar-refractivity contribution in [2.45, 2.75) is 6.42 Å². The summed E-state index contributed by atoms with van der Waals surface area (Å²) >= 11 is 9.15. The Morgan fingerprint density at radius 2 is 2.06 bits per heavy atom. The highest BCUT2D eigenvalue weighted by atomic mass is 79.9. The fourth-order valence-corrected chi connectivity index (χ4v) is 3.41. The van der Waals surface area contributed by atoms with Gasteiger partial charge in [-0.2, -0.15) is 0 Å². The third-order valence-corrected chi connectivity index (χ3v) is 5.84. The number of Topliss-reactive ketones (excluding diaryl/α,β-unsaturated/α-hetero) is 1. The molecule has 1 aromatic heterocycles. The van der Waals surface area contributed by atoms with Gasteiger partial charge in [-0.15, -0.1) is 0 Å². The molecule has 0 aliphatic rings. The van der Waals surface area contributed by atoms with E-state index in [2.05, 4.69) is 31.2 Å². The molecule has 0 amide bonds. The van der Waals surface area contributed by atoms with E-state index in [1.54, 1.807) is 37.2 Å². The molecule has 0 aliphatic carbocycles.